The van der Waals surface area contributed by atoms with Crippen LogP contribution in [0.5, 0.6) is 17.2 Å². The van der Waals surface area contributed by atoms with Crippen molar-refractivity contribution >= 4 is 39.9 Å². The Balaban J connectivity index is 1.85. The normalized spacial score (nSPS) is 15.6. The number of anilines is 1. The number of rotatable bonds is 14. The van der Waals surface area contributed by atoms with Crippen LogP contribution in [0.2, 0.25) is 0 Å². The molecule has 10 nitrogen and oxygen atoms in total. The van der Waals surface area contributed by atoms with Gasteiger partial charge in [-0.25, -0.2) is 9.78 Å². The first kappa shape index (κ1) is 32.0. The van der Waals surface area contributed by atoms with Crippen LogP contribution in [0.3, 0.4) is 0 Å². The van der Waals surface area contributed by atoms with Crippen molar-refractivity contribution in [3.05, 3.63) is 95.0 Å². The molecule has 1 unspecified atom stereocenters. The van der Waals surface area contributed by atoms with Crippen molar-refractivity contribution < 1.29 is 38.4 Å². The molecule has 0 saturated carbocycles. The monoisotopic (exact) mass is 618 g/mol. The molecule has 1 N–H and O–H groups in total. The summed E-state index contributed by atoms with van der Waals surface area (Å²) in [4.78, 5) is 45.7. The maximum absolute atomic E-state index is 13.6. The summed E-state index contributed by atoms with van der Waals surface area (Å²) >= 11 is 0.910. The molecule has 230 valence electrons. The molecule has 0 spiro atoms. The number of Topliss-reactive ketones (excluding diaryl/α,β-unsaturated/α-hetero) is 1. The Morgan fingerprint density at radius 3 is 2.45 bits per heavy atom. The van der Waals surface area contributed by atoms with E-state index < -0.39 is 23.7 Å². The lowest BCUT2D eigenvalue weighted by Gasteiger charge is -2.24. The minimum atomic E-state index is -1.11. The van der Waals surface area contributed by atoms with Gasteiger partial charge in [0.25, 0.3) is 5.78 Å². The molecule has 0 aliphatic carbocycles. The lowest BCUT2D eigenvalue weighted by atomic mass is 9.95. The molecule has 1 amide bonds. The number of nitrogens with zero attached hydrogens (tertiary/aromatic N) is 2. The molecule has 3 aromatic rings. The van der Waals surface area contributed by atoms with Gasteiger partial charge in [-0.3, -0.25) is 14.5 Å². The van der Waals surface area contributed by atoms with E-state index in [0.29, 0.717) is 40.7 Å². The van der Waals surface area contributed by atoms with Gasteiger partial charge in [0, 0.05) is 5.56 Å². The number of carbonyl (C=O) groups excluding carboxylic acids is 3. The van der Waals surface area contributed by atoms with E-state index in [-0.39, 0.29) is 34.6 Å². The Morgan fingerprint density at radius 2 is 1.80 bits per heavy atom. The molecule has 1 aliphatic rings. The molecule has 0 bridgehead atoms. The number of carbonyl (C=O) groups is 3. The minimum absolute atomic E-state index is 0.00147. The van der Waals surface area contributed by atoms with Gasteiger partial charge in [0.15, 0.2) is 16.6 Å². The first-order valence-corrected chi connectivity index (χ1v) is 14.8. The highest BCUT2D eigenvalue weighted by atomic mass is 32.1. The number of aliphatic hydroxyl groups excluding tert-OH is 1. The van der Waals surface area contributed by atoms with Gasteiger partial charge >= 0.3 is 11.9 Å². The summed E-state index contributed by atoms with van der Waals surface area (Å²) in [5.74, 6) is -1.46. The lowest BCUT2D eigenvalue weighted by Crippen LogP contribution is -2.29. The first-order valence-electron chi connectivity index (χ1n) is 14.0. The molecule has 4 rings (SSSR count). The minimum Gasteiger partial charge on any atom is -0.507 e. The van der Waals surface area contributed by atoms with Crippen molar-refractivity contribution in [3.8, 4) is 17.2 Å². The number of ketones is 1. The topological polar surface area (TPSA) is 124 Å². The zero-order valence-electron chi connectivity index (χ0n) is 24.8. The predicted octanol–water partition coefficient (Wildman–Crippen LogP) is 6.17. The van der Waals surface area contributed by atoms with Gasteiger partial charge in [0.1, 0.15) is 29.6 Å². The zero-order valence-corrected chi connectivity index (χ0v) is 25.6. The van der Waals surface area contributed by atoms with Gasteiger partial charge in [-0.1, -0.05) is 56.1 Å². The fourth-order valence-electron chi connectivity index (χ4n) is 4.54. The number of ether oxygens (including phenoxy) is 4. The van der Waals surface area contributed by atoms with Crippen LogP contribution in [0, 0.1) is 6.92 Å². The van der Waals surface area contributed by atoms with Crippen LogP contribution >= 0.6 is 11.3 Å². The summed E-state index contributed by atoms with van der Waals surface area (Å²) in [5.41, 5.74) is 0.929. The van der Waals surface area contributed by atoms with Crippen LogP contribution in [0.1, 0.15) is 52.3 Å². The second-order valence-corrected chi connectivity index (χ2v) is 10.7. The van der Waals surface area contributed by atoms with Crippen molar-refractivity contribution in [2.24, 2.45) is 0 Å². The summed E-state index contributed by atoms with van der Waals surface area (Å²) < 4.78 is 22.1. The smallest absolute Gasteiger partial charge is 0.350 e. The molecule has 1 saturated heterocycles. The van der Waals surface area contributed by atoms with Crippen molar-refractivity contribution in [2.45, 2.75) is 32.7 Å². The number of aromatic nitrogens is 1. The van der Waals surface area contributed by atoms with Gasteiger partial charge in [-0.05, 0) is 55.3 Å². The van der Waals surface area contributed by atoms with Crippen LogP contribution < -0.4 is 19.1 Å². The van der Waals surface area contributed by atoms with Crippen molar-refractivity contribution in [1.82, 2.24) is 4.98 Å². The number of aliphatic hydroxyl groups is 1. The molecular weight excluding hydrogens is 584 g/mol. The van der Waals surface area contributed by atoms with E-state index in [4.69, 9.17) is 18.9 Å². The number of benzene rings is 2. The number of amides is 1. The molecule has 1 fully saturated rings. The van der Waals surface area contributed by atoms with Crippen molar-refractivity contribution in [3.63, 3.8) is 0 Å². The predicted molar refractivity (Wildman–Crippen MR) is 168 cm³/mol. The van der Waals surface area contributed by atoms with Gasteiger partial charge in [-0.15, -0.1) is 0 Å². The maximum Gasteiger partial charge on any atom is 0.350 e. The van der Waals surface area contributed by atoms with Crippen molar-refractivity contribution in [1.29, 1.82) is 0 Å². The first-order chi connectivity index (χ1) is 21.2. The van der Waals surface area contributed by atoms with E-state index in [1.165, 1.54) is 18.1 Å². The molecule has 1 aromatic heterocycles. The molecule has 11 heteroatoms. The summed E-state index contributed by atoms with van der Waals surface area (Å²) in [5, 5.41) is 11.6. The highest BCUT2D eigenvalue weighted by molar-refractivity contribution is 7.17. The largest absolute Gasteiger partial charge is 0.507 e. The van der Waals surface area contributed by atoms with E-state index in [1.54, 1.807) is 55.5 Å². The number of hydrogen-bond donors (Lipinski definition) is 1. The number of esters is 1. The SMILES string of the molecule is C=CCOC(=O)c1sc(N2C(=O)C(=O)C(=C(O)c3ccc(OCCCC)cc3)C2c2ccc(OCC=C)c(OC)c2)nc1C. The third kappa shape index (κ3) is 6.68. The highest BCUT2D eigenvalue weighted by Gasteiger charge is 2.48. The Bertz CT molecular complexity index is 1590. The van der Waals surface area contributed by atoms with E-state index in [2.05, 4.69) is 25.1 Å². The Morgan fingerprint density at radius 1 is 1.07 bits per heavy atom. The van der Waals surface area contributed by atoms with Gasteiger partial charge in [0.2, 0.25) is 0 Å². The Hall–Kier alpha value is -4.90. The highest BCUT2D eigenvalue weighted by Crippen LogP contribution is 2.45. The standard InChI is InChI=1S/C33H34N2O8S/c1-6-9-18-41-23-13-10-21(11-14-23)28(36)26-27(22-12-15-24(42-16-7-2)25(19-22)40-5)35(31(38)29(26)37)33-34-20(4)30(44-33)32(39)43-17-8-3/h7-8,10-15,19,27,36H,2-3,6,9,16-18H2,1,4-5H3. The number of unbranched alkanes of at least 4 members (excludes halogenated alkanes) is 1. The molecule has 44 heavy (non-hydrogen) atoms. The molecular formula is C33H34N2O8S. The van der Waals surface area contributed by atoms with Crippen molar-refractivity contribution in [2.75, 3.05) is 31.8 Å². The average molecular weight is 619 g/mol. The Kier molecular flexibility index (Phi) is 10.6. The summed E-state index contributed by atoms with van der Waals surface area (Å²) in [6, 6.07) is 10.4. The summed E-state index contributed by atoms with van der Waals surface area (Å²) in [6.07, 6.45) is 4.91. The molecule has 2 aromatic carbocycles. The second-order valence-electron chi connectivity index (χ2n) is 9.70. The Labute approximate surface area is 259 Å². The zero-order chi connectivity index (χ0) is 31.8. The lowest BCUT2D eigenvalue weighted by molar-refractivity contribution is -0.132. The number of aryl methyl sites for hydroxylation is 1. The van der Waals surface area contributed by atoms with E-state index >= 15 is 0 Å². The van der Waals surface area contributed by atoms with E-state index in [1.807, 2.05) is 0 Å². The van der Waals surface area contributed by atoms with Crippen LogP contribution in [0.25, 0.3) is 5.76 Å². The number of thiazole rings is 1. The average Bonchev–Trinajstić information content (AvgIpc) is 3.54. The van der Waals surface area contributed by atoms with Crippen LogP contribution in [-0.2, 0) is 14.3 Å². The van der Waals surface area contributed by atoms with E-state index in [9.17, 15) is 19.5 Å². The summed E-state index contributed by atoms with van der Waals surface area (Å²) in [7, 11) is 1.46. The fourth-order valence-corrected chi connectivity index (χ4v) is 5.53. The molecule has 1 atom stereocenters. The van der Waals surface area contributed by atoms with Crippen LogP contribution in [0.4, 0.5) is 5.13 Å². The maximum atomic E-state index is 13.6. The molecule has 2 heterocycles. The van der Waals surface area contributed by atoms with Crippen LogP contribution in [0.15, 0.2) is 73.3 Å². The fraction of sp³-hybridized carbons (Fsp3) is 0.273. The van der Waals surface area contributed by atoms with Gasteiger partial charge in [0.05, 0.1) is 31.0 Å². The van der Waals surface area contributed by atoms with Crippen LogP contribution in [-0.4, -0.2) is 54.7 Å². The van der Waals surface area contributed by atoms with E-state index in [0.717, 1.165) is 24.2 Å². The number of hydrogen-bond acceptors (Lipinski definition) is 10. The molecule has 0 radical (unpaired) electrons. The molecule has 1 aliphatic heterocycles. The third-order valence-electron chi connectivity index (χ3n) is 6.71. The number of methoxy groups -OCH3 is 1. The quantitative estimate of drug-likeness (QED) is 0.0564. The third-order valence-corrected chi connectivity index (χ3v) is 7.84. The summed E-state index contributed by atoms with van der Waals surface area (Å²) in [6.45, 7) is 11.7. The van der Waals surface area contributed by atoms with Gasteiger partial charge in [-0.2, -0.15) is 0 Å². The second kappa shape index (κ2) is 14.5. The van der Waals surface area contributed by atoms with Gasteiger partial charge < -0.3 is 24.1 Å².